The third kappa shape index (κ3) is 1.99. The van der Waals surface area contributed by atoms with Crippen LogP contribution in [0.2, 0.25) is 0 Å². The van der Waals surface area contributed by atoms with Gasteiger partial charge >= 0.3 is 0 Å². The molecular formula is C13H13NO. The molecule has 0 saturated carbocycles. The molecule has 0 aliphatic carbocycles. The van der Waals surface area contributed by atoms with Crippen molar-refractivity contribution in [3.8, 4) is 5.69 Å². The van der Waals surface area contributed by atoms with Gasteiger partial charge in [0.15, 0.2) is 0 Å². The van der Waals surface area contributed by atoms with Crippen LogP contribution in [0, 0.1) is 0 Å². The van der Waals surface area contributed by atoms with Crippen LogP contribution in [0.15, 0.2) is 53.3 Å². The molecule has 2 heteroatoms. The summed E-state index contributed by atoms with van der Waals surface area (Å²) in [6.07, 6.45) is -3.09. The SMILES string of the molecule is [2H]c1c([2H])c([2H])c(-n2c([2H])c(C([2H])([2H])C)c([2H])c([2H])c2=O)c([2H])c1[2H]. The Bertz CT molecular complexity index is 915. The van der Waals surface area contributed by atoms with E-state index in [0.29, 0.717) is 4.57 Å². The van der Waals surface area contributed by atoms with E-state index >= 15 is 0 Å². The van der Waals surface area contributed by atoms with E-state index in [2.05, 4.69) is 0 Å². The summed E-state index contributed by atoms with van der Waals surface area (Å²) in [6, 6.07) is -5.38. The van der Waals surface area contributed by atoms with Crippen LogP contribution in [0.1, 0.15) is 26.2 Å². The Morgan fingerprint density at radius 1 is 1.27 bits per heavy atom. The Labute approximate surface area is 103 Å². The Balaban J connectivity index is 3.12. The Kier molecular flexibility index (Phi) is 0.920. The first-order valence-electron chi connectivity index (χ1n) is 9.12. The maximum atomic E-state index is 12.4. The van der Waals surface area contributed by atoms with Gasteiger partial charge in [0, 0.05) is 20.6 Å². The maximum Gasteiger partial charge on any atom is 0.255 e. The van der Waals surface area contributed by atoms with E-state index in [1.165, 1.54) is 0 Å². The van der Waals surface area contributed by atoms with Crippen LogP contribution in [-0.4, -0.2) is 4.57 Å². The molecule has 0 amide bonds. The molecule has 1 aromatic heterocycles. The van der Waals surface area contributed by atoms with Gasteiger partial charge in [0.25, 0.3) is 5.56 Å². The molecule has 1 aromatic carbocycles. The van der Waals surface area contributed by atoms with Crippen molar-refractivity contribution < 1.29 is 13.7 Å². The molecule has 0 saturated heterocycles. The van der Waals surface area contributed by atoms with Crippen molar-refractivity contribution in [1.29, 1.82) is 0 Å². The van der Waals surface area contributed by atoms with Crippen molar-refractivity contribution in [1.82, 2.24) is 4.57 Å². The zero-order chi connectivity index (χ0) is 19.4. The first kappa shape index (κ1) is 3.34. The highest BCUT2D eigenvalue weighted by Crippen LogP contribution is 2.05. The molecule has 0 N–H and O–H groups in total. The average molecular weight is 209 g/mol. The summed E-state index contributed by atoms with van der Waals surface area (Å²) in [5, 5.41) is 0. The summed E-state index contributed by atoms with van der Waals surface area (Å²) in [5.41, 5.74) is -2.47. The minimum absolute atomic E-state index is 0.386. The normalized spacial score (nSPS) is 20.6. The van der Waals surface area contributed by atoms with Crippen LogP contribution in [0.3, 0.4) is 0 Å². The van der Waals surface area contributed by atoms with E-state index < -0.39 is 71.7 Å². The molecule has 2 aromatic rings. The van der Waals surface area contributed by atoms with Crippen LogP contribution in [0.25, 0.3) is 5.69 Å². The quantitative estimate of drug-likeness (QED) is 0.744. The lowest BCUT2D eigenvalue weighted by Gasteiger charge is -2.06. The minimum Gasteiger partial charge on any atom is -0.284 e. The number of hydrogen-bond donors (Lipinski definition) is 0. The van der Waals surface area contributed by atoms with Gasteiger partial charge in [-0.3, -0.25) is 9.36 Å². The van der Waals surface area contributed by atoms with Crippen LogP contribution >= 0.6 is 0 Å². The average Bonchev–Trinajstić information content (AvgIpc) is 2.51. The Hall–Kier alpha value is -1.83. The van der Waals surface area contributed by atoms with E-state index in [0.717, 1.165) is 6.92 Å². The zero-order valence-corrected chi connectivity index (χ0v) is 7.86. The van der Waals surface area contributed by atoms with E-state index in [1.54, 1.807) is 0 Å². The number of rotatable bonds is 2. The molecule has 0 aliphatic heterocycles. The van der Waals surface area contributed by atoms with Gasteiger partial charge in [0.1, 0.15) is 0 Å². The molecule has 0 fully saturated rings. The predicted molar refractivity (Wildman–Crippen MR) is 61.4 cm³/mol. The molecule has 0 radical (unpaired) electrons. The van der Waals surface area contributed by atoms with Crippen molar-refractivity contribution in [2.45, 2.75) is 13.3 Å². The van der Waals surface area contributed by atoms with Gasteiger partial charge in [0.05, 0.1) is 11.0 Å². The molecule has 0 unspecified atom stereocenters. The fourth-order valence-corrected chi connectivity index (χ4v) is 0.993. The van der Waals surface area contributed by atoms with Gasteiger partial charge < -0.3 is 0 Å². The monoisotopic (exact) mass is 209 g/mol. The van der Waals surface area contributed by atoms with Crippen LogP contribution in [-0.2, 0) is 6.37 Å². The number of aromatic nitrogens is 1. The summed E-state index contributed by atoms with van der Waals surface area (Å²) in [5.74, 6) is 0. The molecule has 15 heavy (non-hydrogen) atoms. The third-order valence-electron chi connectivity index (χ3n) is 1.68. The smallest absolute Gasteiger partial charge is 0.255 e. The van der Waals surface area contributed by atoms with Crippen molar-refractivity contribution in [3.63, 3.8) is 0 Å². The van der Waals surface area contributed by atoms with Gasteiger partial charge in [-0.2, -0.15) is 0 Å². The van der Waals surface area contributed by atoms with Gasteiger partial charge in [-0.1, -0.05) is 31.1 Å². The summed E-state index contributed by atoms with van der Waals surface area (Å²) < 4.78 is 78.1. The minimum atomic E-state index is -2.26. The van der Waals surface area contributed by atoms with E-state index in [9.17, 15) is 4.79 Å². The largest absolute Gasteiger partial charge is 0.284 e. The second-order valence-electron chi connectivity index (χ2n) is 2.60. The Morgan fingerprint density at radius 2 is 2.00 bits per heavy atom. The number of pyridine rings is 1. The lowest BCUT2D eigenvalue weighted by molar-refractivity contribution is 0.953. The van der Waals surface area contributed by atoms with Gasteiger partial charge in [-0.15, -0.1) is 0 Å². The topological polar surface area (TPSA) is 22.0 Å². The van der Waals surface area contributed by atoms with Crippen LogP contribution < -0.4 is 5.56 Å². The van der Waals surface area contributed by atoms with E-state index in [4.69, 9.17) is 13.7 Å². The second-order valence-corrected chi connectivity index (χ2v) is 2.60. The lowest BCUT2D eigenvalue weighted by Crippen LogP contribution is -2.16. The summed E-state index contributed by atoms with van der Waals surface area (Å²) in [4.78, 5) is 12.4. The molecule has 2 rings (SSSR count). The fourth-order valence-electron chi connectivity index (χ4n) is 0.993. The van der Waals surface area contributed by atoms with Gasteiger partial charge in [-0.05, 0) is 24.0 Å². The highest BCUT2D eigenvalue weighted by Gasteiger charge is 1.99. The molecule has 0 spiro atoms. The van der Waals surface area contributed by atoms with Gasteiger partial charge in [0.2, 0.25) is 0 Å². The molecule has 0 atom stereocenters. The Morgan fingerprint density at radius 3 is 2.67 bits per heavy atom. The molecule has 76 valence electrons. The van der Waals surface area contributed by atoms with Crippen molar-refractivity contribution in [2.75, 3.05) is 0 Å². The molecule has 1 heterocycles. The summed E-state index contributed by atoms with van der Waals surface area (Å²) in [7, 11) is 0. The van der Waals surface area contributed by atoms with Crippen molar-refractivity contribution in [3.05, 3.63) is 64.4 Å². The van der Waals surface area contributed by atoms with Gasteiger partial charge in [-0.25, -0.2) is 0 Å². The number of benzene rings is 1. The highest BCUT2D eigenvalue weighted by molar-refractivity contribution is 5.32. The molecule has 0 aliphatic rings. The standard InChI is InChI=1S/C13H13NO/c1-2-11-8-9-13(15)14(10-11)12-6-4-3-5-7-12/h3-10H,2H2,1H3/i2D2,3D,4D,5D,6D,7D,8D,9D,10D. The molecule has 0 bridgehead atoms. The van der Waals surface area contributed by atoms with E-state index in [-0.39, 0.29) is 0 Å². The van der Waals surface area contributed by atoms with Crippen LogP contribution in [0.4, 0.5) is 0 Å². The summed E-state index contributed by atoms with van der Waals surface area (Å²) in [6.45, 7) is 1.04. The highest BCUT2D eigenvalue weighted by atomic mass is 16.1. The fraction of sp³-hybridized carbons (Fsp3) is 0.154. The lowest BCUT2D eigenvalue weighted by atomic mass is 10.2. The molecular weight excluding hydrogens is 186 g/mol. The number of nitrogens with zero attached hydrogens (tertiary/aromatic N) is 1. The van der Waals surface area contributed by atoms with Crippen molar-refractivity contribution >= 4 is 0 Å². The maximum absolute atomic E-state index is 12.4. The van der Waals surface area contributed by atoms with E-state index in [1.807, 2.05) is 0 Å². The number of para-hydroxylation sites is 1. The molecule has 2 nitrogen and oxygen atoms in total. The third-order valence-corrected chi connectivity index (χ3v) is 1.68. The summed E-state index contributed by atoms with van der Waals surface area (Å²) >= 11 is 0. The van der Waals surface area contributed by atoms with Crippen LogP contribution in [0.5, 0.6) is 0 Å². The predicted octanol–water partition coefficient (Wildman–Crippen LogP) is 2.40. The first-order valence-corrected chi connectivity index (χ1v) is 4.12. The zero-order valence-electron chi connectivity index (χ0n) is 17.9. The van der Waals surface area contributed by atoms with Crippen molar-refractivity contribution in [2.24, 2.45) is 0 Å². The first-order chi connectivity index (χ1) is 11.3. The number of hydrogen-bond acceptors (Lipinski definition) is 1. The second kappa shape index (κ2) is 4.13.